The van der Waals surface area contributed by atoms with Gasteiger partial charge < -0.3 is 44.7 Å². The molecule has 10 rings (SSSR count). The van der Waals surface area contributed by atoms with Crippen LogP contribution in [0.4, 0.5) is 31.7 Å². The Morgan fingerprint density at radius 3 is 2.32 bits per heavy atom. The summed E-state index contributed by atoms with van der Waals surface area (Å²) in [5, 5.41) is 28.3. The zero-order valence-corrected chi connectivity index (χ0v) is 43.3. The Bertz CT molecular complexity index is 3210. The van der Waals surface area contributed by atoms with E-state index in [0.717, 1.165) is 35.1 Å². The van der Waals surface area contributed by atoms with Crippen molar-refractivity contribution in [2.45, 2.75) is 63.7 Å². The van der Waals surface area contributed by atoms with Crippen molar-refractivity contribution in [1.82, 2.24) is 40.3 Å². The molecule has 414 valence electrons. The van der Waals surface area contributed by atoms with Crippen LogP contribution in [0, 0.1) is 11.6 Å². The van der Waals surface area contributed by atoms with Crippen LogP contribution >= 0.6 is 0 Å². The van der Waals surface area contributed by atoms with Crippen molar-refractivity contribution in [3.05, 3.63) is 124 Å². The first-order valence-corrected chi connectivity index (χ1v) is 26.4. The molecule has 0 saturated carbocycles. The van der Waals surface area contributed by atoms with Gasteiger partial charge in [-0.2, -0.15) is 5.10 Å². The van der Waals surface area contributed by atoms with Crippen LogP contribution in [0.25, 0.3) is 10.9 Å². The van der Waals surface area contributed by atoms with E-state index >= 15 is 0 Å². The lowest BCUT2D eigenvalue weighted by atomic mass is 10.0. The lowest BCUT2D eigenvalue weighted by molar-refractivity contribution is -0.136. The zero-order valence-electron chi connectivity index (χ0n) is 43.3. The number of fused-ring (bicyclic) bond motifs is 2. The van der Waals surface area contributed by atoms with E-state index in [0.29, 0.717) is 124 Å². The predicted octanol–water partition coefficient (Wildman–Crippen LogP) is 4.67. The minimum absolute atomic E-state index is 0.00752. The number of piperazine rings is 1. The third-order valence-corrected chi connectivity index (χ3v) is 14.2. The maximum Gasteiger partial charge on any atom is 0.264 e. The Labute approximate surface area is 452 Å². The smallest absolute Gasteiger partial charge is 0.264 e. The highest BCUT2D eigenvalue weighted by Crippen LogP contribution is 2.34. The summed E-state index contributed by atoms with van der Waals surface area (Å²) in [4.78, 5) is 82.8. The fourth-order valence-corrected chi connectivity index (χ4v) is 10.1. The van der Waals surface area contributed by atoms with Crippen LogP contribution in [0.15, 0.2) is 79.0 Å². The van der Waals surface area contributed by atoms with Gasteiger partial charge in [0.25, 0.3) is 17.7 Å². The first kappa shape index (κ1) is 54.2. The summed E-state index contributed by atoms with van der Waals surface area (Å²) in [5.74, 6) is -3.60. The number of piperidine rings is 1. The molecule has 0 radical (unpaired) electrons. The number of aromatic nitrogens is 5. The molecule has 6 heterocycles. The van der Waals surface area contributed by atoms with Crippen LogP contribution < -0.4 is 26.2 Å². The van der Waals surface area contributed by atoms with Crippen LogP contribution in [0.1, 0.15) is 80.0 Å². The number of H-pyrrole nitrogens is 1. The van der Waals surface area contributed by atoms with Crippen LogP contribution in [-0.2, 0) is 52.8 Å². The molecule has 0 bridgehead atoms. The Kier molecular flexibility index (Phi) is 17.2. The van der Waals surface area contributed by atoms with Crippen molar-refractivity contribution in [1.29, 1.82) is 0 Å². The van der Waals surface area contributed by atoms with Gasteiger partial charge in [-0.15, -0.1) is 5.10 Å². The summed E-state index contributed by atoms with van der Waals surface area (Å²) in [6.45, 7) is 6.12. The number of nitrogens with zero attached hydrogens (tertiary/aromatic N) is 7. The fourth-order valence-electron chi connectivity index (χ4n) is 10.1. The van der Waals surface area contributed by atoms with Crippen molar-refractivity contribution in [2.24, 2.45) is 0 Å². The standard InChI is InChI=1S/C55H60F2N12O10/c56-36-27-35(28-37(57)30-36)26-34-4-7-44-43(29-34)51(64-63-44)61-52(72)41-6-5-40(31-46(41)59-38-10-18-76-19-11-38)66-13-15-67(16-14-66)49(71)12-20-77-22-24-79-25-23-78-21-17-68-33-39(62-65-68)32-58-45-3-1-2-42-50(45)55(75)69(54(42)74)47-8-9-48(70)60-53(47)73/h1-7,27-31,33,38,47,58-59H,8-26,32H2,(H,60,70,73)(H2,61,63,64,72). The molecule has 3 fully saturated rings. The quantitative estimate of drug-likeness (QED) is 0.0432. The highest BCUT2D eigenvalue weighted by Gasteiger charge is 2.45. The van der Waals surface area contributed by atoms with Crippen molar-refractivity contribution in [3.8, 4) is 0 Å². The third kappa shape index (κ3) is 13.2. The Morgan fingerprint density at radius 2 is 1.54 bits per heavy atom. The minimum atomic E-state index is -1.06. The van der Waals surface area contributed by atoms with Crippen molar-refractivity contribution >= 4 is 69.2 Å². The van der Waals surface area contributed by atoms with Gasteiger partial charge in [0.05, 0.1) is 87.6 Å². The van der Waals surface area contributed by atoms with Gasteiger partial charge in [0.15, 0.2) is 5.82 Å². The summed E-state index contributed by atoms with van der Waals surface area (Å²) in [7, 11) is 0. The second-order valence-corrected chi connectivity index (χ2v) is 19.6. The fraction of sp³-hybridized carbons (Fsp3) is 0.400. The Hall–Kier alpha value is -8.19. The van der Waals surface area contributed by atoms with Crippen LogP contribution in [0.3, 0.4) is 0 Å². The normalized spacial score (nSPS) is 16.9. The highest BCUT2D eigenvalue weighted by atomic mass is 19.1. The molecule has 4 aliphatic heterocycles. The number of anilines is 4. The number of carbonyl (C=O) groups is 6. The number of halogens is 2. The van der Waals surface area contributed by atoms with Gasteiger partial charge >= 0.3 is 0 Å². The predicted molar refractivity (Wildman–Crippen MR) is 283 cm³/mol. The molecular formula is C55H60F2N12O10. The van der Waals surface area contributed by atoms with Gasteiger partial charge in [0.1, 0.15) is 23.4 Å². The van der Waals surface area contributed by atoms with Crippen LogP contribution in [-0.4, -0.2) is 162 Å². The molecule has 1 atom stereocenters. The molecule has 6 aromatic rings. The topological polar surface area (TPSA) is 257 Å². The number of rotatable bonds is 23. The van der Waals surface area contributed by atoms with Crippen molar-refractivity contribution < 1.29 is 56.5 Å². The van der Waals surface area contributed by atoms with E-state index in [-0.39, 0.29) is 67.8 Å². The average molecular weight is 1090 g/mol. The van der Waals surface area contributed by atoms with Gasteiger partial charge in [-0.25, -0.2) is 13.5 Å². The molecule has 4 aromatic carbocycles. The Morgan fingerprint density at radius 1 is 0.785 bits per heavy atom. The second kappa shape index (κ2) is 25.1. The van der Waals surface area contributed by atoms with Gasteiger partial charge in [-0.1, -0.05) is 17.3 Å². The number of benzene rings is 4. The molecule has 0 spiro atoms. The van der Waals surface area contributed by atoms with Gasteiger partial charge in [0.2, 0.25) is 17.7 Å². The summed E-state index contributed by atoms with van der Waals surface area (Å²) in [5.41, 5.74) is 5.35. The molecule has 4 aliphatic rings. The largest absolute Gasteiger partial charge is 0.381 e. The SMILES string of the molecule is O=C1CCC(N2C(=O)c3cccc(NCc4cn(CCOCCOCCOCCC(=O)N5CCN(c6ccc(C(=O)Nc7n[nH]c8ccc(Cc9cc(F)cc(F)c9)cc78)c(NC7CCOCC7)c6)CC5)nn4)c3C2=O)C(=O)N1. The Balaban J connectivity index is 0.611. The van der Waals surface area contributed by atoms with Crippen LogP contribution in [0.2, 0.25) is 0 Å². The van der Waals surface area contributed by atoms with Crippen molar-refractivity contribution in [3.63, 3.8) is 0 Å². The molecule has 5 N–H and O–H groups in total. The molecule has 1 unspecified atom stereocenters. The molecule has 22 nitrogen and oxygen atoms in total. The zero-order chi connectivity index (χ0) is 54.8. The molecule has 24 heteroatoms. The average Bonchev–Trinajstić information content (AvgIpc) is 4.14. The lowest BCUT2D eigenvalue weighted by Crippen LogP contribution is -2.54. The number of hydrogen-bond acceptors (Lipinski definition) is 16. The highest BCUT2D eigenvalue weighted by molar-refractivity contribution is 6.25. The summed E-state index contributed by atoms with van der Waals surface area (Å²) >= 11 is 0. The van der Waals surface area contributed by atoms with E-state index in [4.69, 9.17) is 18.9 Å². The van der Waals surface area contributed by atoms with Gasteiger partial charge in [0, 0.05) is 80.4 Å². The van der Waals surface area contributed by atoms with E-state index in [2.05, 4.69) is 46.7 Å². The monoisotopic (exact) mass is 1090 g/mol. The number of aromatic amines is 1. The number of imide groups is 2. The number of carbonyl (C=O) groups excluding carboxylic acids is 6. The van der Waals surface area contributed by atoms with Gasteiger partial charge in [-0.3, -0.25) is 44.1 Å². The molecule has 3 saturated heterocycles. The lowest BCUT2D eigenvalue weighted by Gasteiger charge is -2.36. The molecule has 0 aliphatic carbocycles. The van der Waals surface area contributed by atoms with E-state index in [1.807, 2.05) is 35.2 Å². The summed E-state index contributed by atoms with van der Waals surface area (Å²) < 4.78 is 52.1. The second-order valence-electron chi connectivity index (χ2n) is 19.6. The molecule has 2 aromatic heterocycles. The first-order valence-electron chi connectivity index (χ1n) is 26.4. The van der Waals surface area contributed by atoms with Crippen molar-refractivity contribution in [2.75, 3.05) is 99.9 Å². The minimum Gasteiger partial charge on any atom is -0.381 e. The summed E-state index contributed by atoms with van der Waals surface area (Å²) in [6, 6.07) is 18.5. The third-order valence-electron chi connectivity index (χ3n) is 14.2. The van der Waals surface area contributed by atoms with E-state index in [1.54, 1.807) is 29.1 Å². The number of ether oxygens (including phenoxy) is 4. The molecular weight excluding hydrogens is 1030 g/mol. The van der Waals surface area contributed by atoms with E-state index in [9.17, 15) is 37.5 Å². The maximum atomic E-state index is 14.0. The van der Waals surface area contributed by atoms with E-state index < -0.39 is 41.3 Å². The maximum absolute atomic E-state index is 14.0. The molecule has 79 heavy (non-hydrogen) atoms. The molecule has 6 amide bonds. The van der Waals surface area contributed by atoms with E-state index in [1.165, 1.54) is 18.2 Å². The van der Waals surface area contributed by atoms with Gasteiger partial charge in [-0.05, 0) is 91.4 Å². The number of nitrogens with one attached hydrogen (secondary N) is 5. The summed E-state index contributed by atoms with van der Waals surface area (Å²) in [6.07, 6.45) is 3.95. The number of amides is 6. The van der Waals surface area contributed by atoms with Crippen LogP contribution in [0.5, 0.6) is 0 Å². The first-order chi connectivity index (χ1) is 38.4. The number of hydrogen-bond donors (Lipinski definition) is 5.